The fourth-order valence-corrected chi connectivity index (χ4v) is 4.98. The van der Waals surface area contributed by atoms with Gasteiger partial charge in [-0.2, -0.15) is 5.10 Å². The largest absolute Gasteiger partial charge is 0.356 e. The van der Waals surface area contributed by atoms with Crippen molar-refractivity contribution in [1.29, 1.82) is 0 Å². The molecule has 0 bridgehead atoms. The summed E-state index contributed by atoms with van der Waals surface area (Å²) in [6.45, 7) is 8.65. The second-order valence-electron chi connectivity index (χ2n) is 6.42. The van der Waals surface area contributed by atoms with Crippen molar-refractivity contribution in [1.82, 2.24) is 24.8 Å². The fourth-order valence-electron chi connectivity index (χ4n) is 3.54. The average Bonchev–Trinajstić information content (AvgIpc) is 3.17. The van der Waals surface area contributed by atoms with Gasteiger partial charge in [-0.05, 0) is 47.2 Å². The number of carbonyl (C=O) groups excluding carboxylic acids is 1. The van der Waals surface area contributed by atoms with Crippen molar-refractivity contribution < 1.29 is 4.79 Å². The number of hydrogen-bond donors (Lipinski definition) is 1. The Kier molecular flexibility index (Phi) is 5.78. The van der Waals surface area contributed by atoms with E-state index in [4.69, 9.17) is 4.98 Å². The van der Waals surface area contributed by atoms with Crippen molar-refractivity contribution in [3.8, 4) is 0 Å². The highest BCUT2D eigenvalue weighted by atomic mass is 127. The topological polar surface area (TPSA) is 75.9 Å². The van der Waals surface area contributed by atoms with Crippen LogP contribution < -0.4 is 10.2 Å². The average molecular weight is 474 g/mol. The normalized spacial score (nSPS) is 19.5. The van der Waals surface area contributed by atoms with Gasteiger partial charge < -0.3 is 10.2 Å². The molecule has 1 atom stereocenters. The Hall–Kier alpha value is -1.02. The number of aromatic nitrogens is 4. The minimum absolute atomic E-state index is 0.160. The summed E-state index contributed by atoms with van der Waals surface area (Å²) in [5.41, 5.74) is 2.84. The minimum Gasteiger partial charge on any atom is -0.356 e. The molecular weight excluding hydrogens is 450 g/mol. The van der Waals surface area contributed by atoms with Crippen LogP contribution in [-0.2, 0) is 4.79 Å². The molecular formula is C16H24IN6OP. The number of carbonyl (C=O) groups is 1. The number of fused-ring (bicyclic) bond motifs is 1. The molecule has 2 fully saturated rings. The van der Waals surface area contributed by atoms with Crippen LogP contribution in [-0.4, -0.2) is 45.1 Å². The standard InChI is InChI=1S/C14H18IN6OP.C2H6/c1-9-12-13(21(19-9)23-15)18-10(7-16-12)20-4-2-14(3-5-20)6-11(22)17-8-14;1-2/h7,23H,2-6,8H2,1H3,(H,17,22);1-2H3. The van der Waals surface area contributed by atoms with E-state index in [2.05, 4.69) is 42.3 Å². The Morgan fingerprint density at radius 2 is 2.04 bits per heavy atom. The van der Waals surface area contributed by atoms with Gasteiger partial charge in [0.2, 0.25) is 5.91 Å². The Morgan fingerprint density at radius 1 is 1.32 bits per heavy atom. The first-order valence-electron chi connectivity index (χ1n) is 8.71. The lowest BCUT2D eigenvalue weighted by molar-refractivity contribution is -0.119. The second-order valence-corrected chi connectivity index (χ2v) is 8.46. The summed E-state index contributed by atoms with van der Waals surface area (Å²) in [5.74, 6) is 1.11. The van der Waals surface area contributed by atoms with Gasteiger partial charge in [0.1, 0.15) is 11.3 Å². The number of rotatable bonds is 2. The van der Waals surface area contributed by atoms with Gasteiger partial charge in [-0.3, -0.25) is 4.79 Å². The maximum Gasteiger partial charge on any atom is 0.220 e. The van der Waals surface area contributed by atoms with Crippen molar-refractivity contribution in [2.75, 3.05) is 24.5 Å². The molecule has 136 valence electrons. The predicted octanol–water partition coefficient (Wildman–Crippen LogP) is 3.06. The van der Waals surface area contributed by atoms with Gasteiger partial charge in [0.15, 0.2) is 5.65 Å². The van der Waals surface area contributed by atoms with Crippen LogP contribution in [0.25, 0.3) is 11.2 Å². The van der Waals surface area contributed by atoms with Gasteiger partial charge in [-0.25, -0.2) is 14.4 Å². The third kappa shape index (κ3) is 3.60. The van der Waals surface area contributed by atoms with Gasteiger partial charge in [-0.15, -0.1) is 0 Å². The first-order chi connectivity index (χ1) is 12.1. The molecule has 0 aliphatic carbocycles. The molecule has 2 aliphatic heterocycles. The Morgan fingerprint density at radius 3 is 2.64 bits per heavy atom. The fraction of sp³-hybridized carbons (Fsp3) is 0.625. The summed E-state index contributed by atoms with van der Waals surface area (Å²) in [5, 5.41) is 7.47. The summed E-state index contributed by atoms with van der Waals surface area (Å²) >= 11 is 2.31. The van der Waals surface area contributed by atoms with Crippen LogP contribution in [0, 0.1) is 12.3 Å². The number of nitrogens with one attached hydrogen (secondary N) is 1. The SMILES string of the molecule is CC.Cc1nn(PI)c2nc(N3CCC4(CC3)CNC(=O)C4)cnc12. The van der Waals surface area contributed by atoms with Crippen LogP contribution in [0.15, 0.2) is 6.20 Å². The highest BCUT2D eigenvalue weighted by Gasteiger charge is 2.41. The first kappa shape index (κ1) is 18.8. The van der Waals surface area contributed by atoms with E-state index in [1.54, 1.807) is 0 Å². The summed E-state index contributed by atoms with van der Waals surface area (Å²) in [6, 6.07) is 0. The molecule has 0 radical (unpaired) electrons. The lowest BCUT2D eigenvalue weighted by Crippen LogP contribution is -2.41. The summed E-state index contributed by atoms with van der Waals surface area (Å²) in [7, 11) is 0. The number of halogens is 1. The number of anilines is 1. The van der Waals surface area contributed by atoms with E-state index in [0.717, 1.165) is 55.2 Å². The zero-order valence-electron chi connectivity index (χ0n) is 14.8. The molecule has 1 amide bonds. The summed E-state index contributed by atoms with van der Waals surface area (Å²) in [4.78, 5) is 23.2. The Bertz CT molecular complexity index is 771. The maximum atomic E-state index is 11.5. The van der Waals surface area contributed by atoms with Gasteiger partial charge in [0, 0.05) is 26.1 Å². The predicted molar refractivity (Wildman–Crippen MR) is 111 cm³/mol. The minimum atomic E-state index is 0.160. The molecule has 7 nitrogen and oxygen atoms in total. The molecule has 2 aromatic heterocycles. The highest BCUT2D eigenvalue weighted by Crippen LogP contribution is 2.38. The van der Waals surface area contributed by atoms with Gasteiger partial charge in [0.05, 0.1) is 18.3 Å². The van der Waals surface area contributed by atoms with Gasteiger partial charge >= 0.3 is 0 Å². The van der Waals surface area contributed by atoms with Crippen molar-refractivity contribution in [2.24, 2.45) is 5.41 Å². The van der Waals surface area contributed by atoms with Gasteiger partial charge in [-0.1, -0.05) is 13.8 Å². The number of aryl methyl sites for hydroxylation is 1. The van der Waals surface area contributed by atoms with E-state index < -0.39 is 0 Å². The maximum absolute atomic E-state index is 11.5. The van der Waals surface area contributed by atoms with Crippen LogP contribution in [0.1, 0.15) is 38.8 Å². The van der Waals surface area contributed by atoms with E-state index in [-0.39, 0.29) is 11.3 Å². The summed E-state index contributed by atoms with van der Waals surface area (Å²) < 4.78 is 1.92. The molecule has 2 aliphatic rings. The molecule has 1 spiro atoms. The number of nitrogens with zero attached hydrogens (tertiary/aromatic N) is 5. The number of amides is 1. The molecule has 1 unspecified atom stereocenters. The van der Waals surface area contributed by atoms with Crippen molar-refractivity contribution in [3.63, 3.8) is 0 Å². The molecule has 25 heavy (non-hydrogen) atoms. The van der Waals surface area contributed by atoms with E-state index in [9.17, 15) is 4.79 Å². The molecule has 4 heterocycles. The molecule has 1 N–H and O–H groups in total. The zero-order valence-corrected chi connectivity index (χ0v) is 18.0. The lowest BCUT2D eigenvalue weighted by Gasteiger charge is -2.38. The third-order valence-corrected chi connectivity index (χ3v) is 6.80. The molecule has 0 aromatic carbocycles. The zero-order chi connectivity index (χ0) is 18.0. The first-order valence-corrected chi connectivity index (χ1v) is 12.8. The van der Waals surface area contributed by atoms with Crippen molar-refractivity contribution in [3.05, 3.63) is 11.9 Å². The smallest absolute Gasteiger partial charge is 0.220 e. The van der Waals surface area contributed by atoms with Crippen LogP contribution >= 0.6 is 28.4 Å². The molecule has 9 heteroatoms. The number of hydrogen-bond acceptors (Lipinski definition) is 5. The van der Waals surface area contributed by atoms with E-state index >= 15 is 0 Å². The Labute approximate surface area is 162 Å². The van der Waals surface area contributed by atoms with Crippen molar-refractivity contribution in [2.45, 2.75) is 40.0 Å². The van der Waals surface area contributed by atoms with Gasteiger partial charge in [0.25, 0.3) is 0 Å². The molecule has 4 rings (SSSR count). The van der Waals surface area contributed by atoms with Crippen LogP contribution in [0.3, 0.4) is 0 Å². The summed E-state index contributed by atoms with van der Waals surface area (Å²) in [6.07, 6.45) is 5.10. The monoisotopic (exact) mass is 474 g/mol. The van der Waals surface area contributed by atoms with Crippen LogP contribution in [0.4, 0.5) is 5.82 Å². The van der Waals surface area contributed by atoms with Crippen LogP contribution in [0.2, 0.25) is 0 Å². The molecule has 2 saturated heterocycles. The number of piperidine rings is 1. The molecule has 0 saturated carbocycles. The lowest BCUT2D eigenvalue weighted by atomic mass is 9.78. The third-order valence-electron chi connectivity index (χ3n) is 4.96. The second kappa shape index (κ2) is 7.70. The van der Waals surface area contributed by atoms with Crippen LogP contribution in [0.5, 0.6) is 0 Å². The molecule has 2 aromatic rings. The van der Waals surface area contributed by atoms with E-state index in [1.807, 2.05) is 31.4 Å². The Balaban J connectivity index is 0.000000880. The van der Waals surface area contributed by atoms with E-state index in [0.29, 0.717) is 12.8 Å². The van der Waals surface area contributed by atoms with Crippen molar-refractivity contribution >= 4 is 51.3 Å². The highest BCUT2D eigenvalue weighted by molar-refractivity contribution is 14.2. The van der Waals surface area contributed by atoms with E-state index in [1.165, 1.54) is 0 Å². The quantitative estimate of drug-likeness (QED) is 0.535.